The third kappa shape index (κ3) is 4.25. The maximum atomic E-state index is 13.1. The van der Waals surface area contributed by atoms with Gasteiger partial charge in [-0.05, 0) is 46.3 Å². The van der Waals surface area contributed by atoms with E-state index in [0.717, 1.165) is 6.07 Å². The number of nitrogens with zero attached hydrogens (tertiary/aromatic N) is 1. The molecule has 0 unspecified atom stereocenters. The first-order valence-electron chi connectivity index (χ1n) is 6.00. The summed E-state index contributed by atoms with van der Waals surface area (Å²) in [6.45, 7) is -0.535. The molecule has 1 aromatic carbocycles. The molecule has 0 fully saturated rings. The average Bonchev–Trinajstić information content (AvgIpc) is 2.49. The van der Waals surface area contributed by atoms with Crippen molar-refractivity contribution in [2.75, 3.05) is 11.9 Å². The zero-order valence-electron chi connectivity index (χ0n) is 11.0. The minimum atomic E-state index is -0.821. The molecule has 2 rings (SSSR count). The van der Waals surface area contributed by atoms with Crippen molar-refractivity contribution in [3.05, 3.63) is 57.5 Å². The largest absolute Gasteiger partial charge is 0.452 e. The van der Waals surface area contributed by atoms with Gasteiger partial charge in [0.25, 0.3) is 5.91 Å². The molecule has 8 heteroatoms. The quantitative estimate of drug-likeness (QED) is 0.645. The first-order chi connectivity index (χ1) is 10.5. The van der Waals surface area contributed by atoms with Crippen molar-refractivity contribution >= 4 is 45.1 Å². The maximum Gasteiger partial charge on any atom is 0.339 e. The SMILES string of the molecule is O=C(COC(=O)c1cc(F)ccc1Br)Nc1cccnc1Cl. The Morgan fingerprint density at radius 1 is 1.36 bits per heavy atom. The first-order valence-corrected chi connectivity index (χ1v) is 7.17. The normalized spacial score (nSPS) is 10.1. The summed E-state index contributed by atoms with van der Waals surface area (Å²) in [4.78, 5) is 27.3. The molecule has 0 aliphatic carbocycles. The van der Waals surface area contributed by atoms with Crippen LogP contribution in [0.5, 0.6) is 0 Å². The van der Waals surface area contributed by atoms with Gasteiger partial charge in [-0.15, -0.1) is 0 Å². The second kappa shape index (κ2) is 7.33. The molecule has 0 atom stereocenters. The minimum absolute atomic E-state index is 0.00721. The third-order valence-electron chi connectivity index (χ3n) is 2.52. The number of hydrogen-bond donors (Lipinski definition) is 1. The monoisotopic (exact) mass is 386 g/mol. The summed E-state index contributed by atoms with van der Waals surface area (Å²) in [6.07, 6.45) is 1.47. The fraction of sp³-hybridized carbons (Fsp3) is 0.0714. The van der Waals surface area contributed by atoms with Crippen molar-refractivity contribution in [1.82, 2.24) is 4.98 Å². The van der Waals surface area contributed by atoms with Crippen LogP contribution in [0.4, 0.5) is 10.1 Å². The van der Waals surface area contributed by atoms with Gasteiger partial charge < -0.3 is 10.1 Å². The summed E-state index contributed by atoms with van der Waals surface area (Å²) >= 11 is 8.89. The van der Waals surface area contributed by atoms with E-state index < -0.39 is 24.3 Å². The summed E-state index contributed by atoms with van der Waals surface area (Å²) in [5.74, 6) is -1.99. The zero-order chi connectivity index (χ0) is 16.1. The van der Waals surface area contributed by atoms with Crippen LogP contribution in [-0.2, 0) is 9.53 Å². The Kier molecular flexibility index (Phi) is 5.46. The number of halogens is 3. The van der Waals surface area contributed by atoms with Crippen molar-refractivity contribution in [3.8, 4) is 0 Å². The lowest BCUT2D eigenvalue weighted by atomic mass is 10.2. The average molecular weight is 388 g/mol. The molecule has 0 aliphatic rings. The maximum absolute atomic E-state index is 13.1. The standard InChI is InChI=1S/C14H9BrClFN2O3/c15-10-4-3-8(17)6-9(10)14(21)22-7-12(20)19-11-2-1-5-18-13(11)16/h1-6H,7H2,(H,19,20). The van der Waals surface area contributed by atoms with Gasteiger partial charge in [0, 0.05) is 10.7 Å². The number of amides is 1. The molecule has 1 aromatic heterocycles. The summed E-state index contributed by atoms with van der Waals surface area (Å²) < 4.78 is 18.3. The number of rotatable bonds is 4. The molecule has 0 bridgehead atoms. The highest BCUT2D eigenvalue weighted by Crippen LogP contribution is 2.19. The smallest absolute Gasteiger partial charge is 0.339 e. The number of anilines is 1. The summed E-state index contributed by atoms with van der Waals surface area (Å²) in [5.41, 5.74) is 0.296. The van der Waals surface area contributed by atoms with Crippen LogP contribution in [0.2, 0.25) is 5.15 Å². The van der Waals surface area contributed by atoms with E-state index in [0.29, 0.717) is 10.2 Å². The molecule has 1 heterocycles. The van der Waals surface area contributed by atoms with E-state index in [1.165, 1.54) is 18.3 Å². The molecule has 0 saturated carbocycles. The number of benzene rings is 1. The molecule has 0 aliphatic heterocycles. The van der Waals surface area contributed by atoms with Crippen molar-refractivity contribution in [2.45, 2.75) is 0 Å². The predicted octanol–water partition coefficient (Wildman–Crippen LogP) is 3.43. The van der Waals surface area contributed by atoms with Crippen molar-refractivity contribution in [3.63, 3.8) is 0 Å². The van der Waals surface area contributed by atoms with E-state index in [4.69, 9.17) is 16.3 Å². The second-order valence-electron chi connectivity index (χ2n) is 4.09. The topological polar surface area (TPSA) is 68.3 Å². The van der Waals surface area contributed by atoms with Crippen LogP contribution in [0.25, 0.3) is 0 Å². The molecule has 114 valence electrons. The summed E-state index contributed by atoms with van der Waals surface area (Å²) in [7, 11) is 0. The first kappa shape index (κ1) is 16.4. The Morgan fingerprint density at radius 3 is 2.86 bits per heavy atom. The number of esters is 1. The van der Waals surface area contributed by atoms with Gasteiger partial charge in [0.1, 0.15) is 5.82 Å². The molecular weight excluding hydrogens is 379 g/mol. The van der Waals surface area contributed by atoms with Crippen LogP contribution in [0.15, 0.2) is 41.0 Å². The van der Waals surface area contributed by atoms with Crippen molar-refractivity contribution < 1.29 is 18.7 Å². The number of carbonyl (C=O) groups excluding carboxylic acids is 2. The van der Waals surface area contributed by atoms with Crippen LogP contribution < -0.4 is 5.32 Å². The van der Waals surface area contributed by atoms with Gasteiger partial charge in [-0.25, -0.2) is 14.2 Å². The van der Waals surface area contributed by atoms with Crippen LogP contribution >= 0.6 is 27.5 Å². The molecule has 1 amide bonds. The molecule has 0 saturated heterocycles. The van der Waals surface area contributed by atoms with Crippen LogP contribution in [0.1, 0.15) is 10.4 Å². The second-order valence-corrected chi connectivity index (χ2v) is 5.30. The molecule has 0 radical (unpaired) electrons. The highest BCUT2D eigenvalue weighted by molar-refractivity contribution is 9.10. The Bertz CT molecular complexity index is 727. The van der Waals surface area contributed by atoms with E-state index in [-0.39, 0.29) is 10.7 Å². The molecule has 0 spiro atoms. The number of aromatic nitrogens is 1. The highest BCUT2D eigenvalue weighted by atomic mass is 79.9. The minimum Gasteiger partial charge on any atom is -0.452 e. The van der Waals surface area contributed by atoms with Gasteiger partial charge in [0.2, 0.25) is 0 Å². The lowest BCUT2D eigenvalue weighted by Crippen LogP contribution is -2.21. The third-order valence-corrected chi connectivity index (χ3v) is 3.51. The lowest BCUT2D eigenvalue weighted by molar-refractivity contribution is -0.119. The Morgan fingerprint density at radius 2 is 2.14 bits per heavy atom. The van der Waals surface area contributed by atoms with Gasteiger partial charge in [0.05, 0.1) is 11.3 Å². The fourth-order valence-corrected chi connectivity index (χ4v) is 2.10. The Labute approximate surface area is 138 Å². The van der Waals surface area contributed by atoms with Crippen molar-refractivity contribution in [1.29, 1.82) is 0 Å². The highest BCUT2D eigenvalue weighted by Gasteiger charge is 2.15. The van der Waals surface area contributed by atoms with Crippen LogP contribution in [-0.4, -0.2) is 23.5 Å². The van der Waals surface area contributed by atoms with Crippen LogP contribution in [0, 0.1) is 5.82 Å². The summed E-state index contributed by atoms with van der Waals surface area (Å²) in [5, 5.41) is 2.57. The number of hydrogen-bond acceptors (Lipinski definition) is 4. The van der Waals surface area contributed by atoms with E-state index in [1.807, 2.05) is 0 Å². The van der Waals surface area contributed by atoms with Gasteiger partial charge in [0.15, 0.2) is 11.8 Å². The van der Waals surface area contributed by atoms with Gasteiger partial charge in [-0.2, -0.15) is 0 Å². The molecule has 5 nitrogen and oxygen atoms in total. The van der Waals surface area contributed by atoms with Gasteiger partial charge >= 0.3 is 5.97 Å². The zero-order valence-corrected chi connectivity index (χ0v) is 13.3. The molecular formula is C14H9BrClFN2O3. The molecule has 2 aromatic rings. The Hall–Kier alpha value is -1.99. The van der Waals surface area contributed by atoms with Gasteiger partial charge in [-0.1, -0.05) is 11.6 Å². The lowest BCUT2D eigenvalue weighted by Gasteiger charge is -2.08. The number of pyridine rings is 1. The fourth-order valence-electron chi connectivity index (χ4n) is 1.53. The van der Waals surface area contributed by atoms with E-state index in [1.54, 1.807) is 12.1 Å². The summed E-state index contributed by atoms with van der Waals surface area (Å²) in [6, 6.07) is 6.73. The van der Waals surface area contributed by atoms with Crippen molar-refractivity contribution in [2.24, 2.45) is 0 Å². The Balaban J connectivity index is 1.95. The number of ether oxygens (including phenoxy) is 1. The predicted molar refractivity (Wildman–Crippen MR) is 82.3 cm³/mol. The van der Waals surface area contributed by atoms with E-state index >= 15 is 0 Å². The molecule has 22 heavy (non-hydrogen) atoms. The number of carbonyl (C=O) groups is 2. The van der Waals surface area contributed by atoms with E-state index in [2.05, 4.69) is 26.2 Å². The van der Waals surface area contributed by atoms with Gasteiger partial charge in [-0.3, -0.25) is 4.79 Å². The van der Waals surface area contributed by atoms with Crippen LogP contribution in [0.3, 0.4) is 0 Å². The van der Waals surface area contributed by atoms with E-state index in [9.17, 15) is 14.0 Å². The molecule has 1 N–H and O–H groups in total. The number of nitrogens with one attached hydrogen (secondary N) is 1.